The molecule has 2 fully saturated rings. The normalized spacial score (nSPS) is 19.2. The van der Waals surface area contributed by atoms with Crippen LogP contribution in [0, 0.1) is 6.92 Å². The van der Waals surface area contributed by atoms with Crippen molar-refractivity contribution in [1.29, 1.82) is 0 Å². The van der Waals surface area contributed by atoms with Crippen LogP contribution in [0.4, 0.5) is 5.69 Å². The van der Waals surface area contributed by atoms with E-state index >= 15 is 0 Å². The molecule has 0 spiro atoms. The molecular formula is C24H31N5O2. The molecule has 3 aromatic rings. The summed E-state index contributed by atoms with van der Waals surface area (Å²) < 4.78 is 11.3. The van der Waals surface area contributed by atoms with E-state index in [4.69, 9.17) is 4.74 Å². The van der Waals surface area contributed by atoms with Gasteiger partial charge in [-0.05, 0) is 63.3 Å². The molecule has 1 saturated heterocycles. The third-order valence-electron chi connectivity index (χ3n) is 6.33. The second-order valence-corrected chi connectivity index (χ2v) is 8.91. The van der Waals surface area contributed by atoms with Crippen LogP contribution in [0.2, 0.25) is 0 Å². The smallest absolute Gasteiger partial charge is 0.333 e. The first-order chi connectivity index (χ1) is 15.0. The Morgan fingerprint density at radius 2 is 1.97 bits per heavy atom. The third-order valence-corrected chi connectivity index (χ3v) is 6.33. The summed E-state index contributed by atoms with van der Waals surface area (Å²) in [5, 5.41) is 4.33. The lowest BCUT2D eigenvalue weighted by Gasteiger charge is -2.33. The molecule has 1 aliphatic carbocycles. The van der Waals surface area contributed by atoms with Gasteiger partial charge in [-0.3, -0.25) is 13.8 Å². The van der Waals surface area contributed by atoms with Crippen LogP contribution >= 0.6 is 0 Å². The number of morpholine rings is 1. The van der Waals surface area contributed by atoms with E-state index in [1.54, 1.807) is 4.57 Å². The Hall–Kier alpha value is -2.80. The number of anilines is 1. The van der Waals surface area contributed by atoms with Gasteiger partial charge < -0.3 is 9.64 Å². The first kappa shape index (κ1) is 20.1. The second-order valence-electron chi connectivity index (χ2n) is 8.91. The van der Waals surface area contributed by atoms with E-state index in [0.717, 1.165) is 43.2 Å². The summed E-state index contributed by atoms with van der Waals surface area (Å²) >= 11 is 0. The van der Waals surface area contributed by atoms with E-state index in [-0.39, 0.29) is 11.8 Å². The average Bonchev–Trinajstić information content (AvgIpc) is 3.45. The van der Waals surface area contributed by atoms with Crippen molar-refractivity contribution in [1.82, 2.24) is 18.9 Å². The Labute approximate surface area is 182 Å². The van der Waals surface area contributed by atoms with Crippen LogP contribution in [0.1, 0.15) is 49.4 Å². The Morgan fingerprint density at radius 1 is 1.16 bits per heavy atom. The zero-order valence-corrected chi connectivity index (χ0v) is 18.6. The second kappa shape index (κ2) is 8.04. The first-order valence-corrected chi connectivity index (χ1v) is 11.3. The summed E-state index contributed by atoms with van der Waals surface area (Å²) in [6.07, 6.45) is 8.48. The first-order valence-electron chi connectivity index (χ1n) is 11.3. The van der Waals surface area contributed by atoms with Gasteiger partial charge in [-0.2, -0.15) is 5.10 Å². The maximum absolute atomic E-state index is 13.4. The molecule has 3 heterocycles. The van der Waals surface area contributed by atoms with E-state index in [9.17, 15) is 4.79 Å². The van der Waals surface area contributed by atoms with Crippen molar-refractivity contribution in [2.24, 2.45) is 0 Å². The lowest BCUT2D eigenvalue weighted by atomic mass is 10.1. The highest BCUT2D eigenvalue weighted by molar-refractivity contribution is 5.58. The van der Waals surface area contributed by atoms with Gasteiger partial charge in [0.1, 0.15) is 0 Å². The Morgan fingerprint density at radius 3 is 2.68 bits per heavy atom. The maximum atomic E-state index is 13.4. The van der Waals surface area contributed by atoms with Gasteiger partial charge in [0.15, 0.2) is 0 Å². The van der Waals surface area contributed by atoms with Crippen LogP contribution in [0.5, 0.6) is 0 Å². The van der Waals surface area contributed by atoms with Gasteiger partial charge in [0.25, 0.3) is 0 Å². The highest BCUT2D eigenvalue weighted by Gasteiger charge is 2.26. The van der Waals surface area contributed by atoms with Crippen molar-refractivity contribution < 1.29 is 4.74 Å². The molecule has 5 rings (SSSR count). The summed E-state index contributed by atoms with van der Waals surface area (Å²) in [4.78, 5) is 15.8. The van der Waals surface area contributed by atoms with E-state index in [1.807, 2.05) is 34.8 Å². The summed E-state index contributed by atoms with van der Waals surface area (Å²) in [5.41, 5.74) is 5.48. The fourth-order valence-corrected chi connectivity index (χ4v) is 4.54. The van der Waals surface area contributed by atoms with Crippen LogP contribution in [-0.4, -0.2) is 44.7 Å². The van der Waals surface area contributed by atoms with Crippen molar-refractivity contribution in [3.63, 3.8) is 0 Å². The lowest BCUT2D eigenvalue weighted by molar-refractivity contribution is 0.0532. The molecule has 0 bridgehead atoms. The van der Waals surface area contributed by atoms with E-state index in [0.29, 0.717) is 12.5 Å². The maximum Gasteiger partial charge on any atom is 0.333 e. The van der Waals surface area contributed by atoms with Gasteiger partial charge in [-0.15, -0.1) is 0 Å². The van der Waals surface area contributed by atoms with Crippen LogP contribution < -0.4 is 10.6 Å². The molecule has 2 aromatic heterocycles. The molecule has 7 nitrogen and oxygen atoms in total. The summed E-state index contributed by atoms with van der Waals surface area (Å²) in [6, 6.07) is 6.69. The highest BCUT2D eigenvalue weighted by atomic mass is 16.5. The Kier molecular flexibility index (Phi) is 5.22. The molecule has 0 unspecified atom stereocenters. The number of rotatable bonds is 6. The van der Waals surface area contributed by atoms with Gasteiger partial charge in [-0.1, -0.05) is 0 Å². The number of aromatic nitrogens is 4. The van der Waals surface area contributed by atoms with E-state index in [1.165, 1.54) is 24.1 Å². The molecule has 0 N–H and O–H groups in total. The summed E-state index contributed by atoms with van der Waals surface area (Å²) in [5.74, 6) is 0.621. The van der Waals surface area contributed by atoms with Crippen molar-refractivity contribution >= 4 is 5.69 Å². The zero-order chi connectivity index (χ0) is 21.5. The van der Waals surface area contributed by atoms with Crippen molar-refractivity contribution in [3.8, 4) is 5.69 Å². The summed E-state index contributed by atoms with van der Waals surface area (Å²) in [6.45, 7) is 10.0. The van der Waals surface area contributed by atoms with Crippen LogP contribution in [0.3, 0.4) is 0 Å². The number of hydrogen-bond acceptors (Lipinski definition) is 4. The van der Waals surface area contributed by atoms with E-state index in [2.05, 4.69) is 42.0 Å². The minimum Gasteiger partial charge on any atom is -0.375 e. The fourth-order valence-electron chi connectivity index (χ4n) is 4.54. The van der Waals surface area contributed by atoms with Gasteiger partial charge in [0, 0.05) is 49.0 Å². The van der Waals surface area contributed by atoms with Crippen LogP contribution in [0.25, 0.3) is 5.69 Å². The SMILES string of the molecule is CCn1cc(Cn2cc(C)n(-c3cc(C4CC4)cc(N4CCO[C@H](C)C4)c3)c2=O)cn1. The standard InChI is InChI=1S/C24H31N5O2/c1-4-28-16-19(12-25-28)15-27-13-17(2)29(24(27)30)23-10-21(20-5-6-20)9-22(11-23)26-7-8-31-18(3)14-26/h9-13,16,18,20H,4-8,14-15H2,1-3H3/t18-/m1/s1. The number of imidazole rings is 1. The monoisotopic (exact) mass is 421 g/mol. The molecule has 1 aliphatic heterocycles. The zero-order valence-electron chi connectivity index (χ0n) is 18.6. The number of nitrogens with zero attached hydrogens (tertiary/aromatic N) is 5. The van der Waals surface area contributed by atoms with E-state index < -0.39 is 0 Å². The highest BCUT2D eigenvalue weighted by Crippen LogP contribution is 2.42. The Bertz CT molecular complexity index is 1140. The molecule has 1 saturated carbocycles. The Balaban J connectivity index is 1.52. The predicted molar refractivity (Wildman–Crippen MR) is 121 cm³/mol. The van der Waals surface area contributed by atoms with Gasteiger partial charge >= 0.3 is 5.69 Å². The molecule has 1 atom stereocenters. The molecule has 0 amide bonds. The molecule has 0 radical (unpaired) electrons. The number of hydrogen-bond donors (Lipinski definition) is 0. The van der Waals surface area contributed by atoms with Crippen molar-refractivity contribution in [2.45, 2.75) is 58.7 Å². The topological polar surface area (TPSA) is 57.2 Å². The largest absolute Gasteiger partial charge is 0.375 e. The van der Waals surface area contributed by atoms with Crippen LogP contribution in [0.15, 0.2) is 41.6 Å². The number of benzene rings is 1. The minimum atomic E-state index is -0.00371. The van der Waals surface area contributed by atoms with Gasteiger partial charge in [0.2, 0.25) is 0 Å². The van der Waals surface area contributed by atoms with Crippen LogP contribution in [-0.2, 0) is 17.8 Å². The van der Waals surface area contributed by atoms with Crippen molar-refractivity contribution in [2.75, 3.05) is 24.6 Å². The average molecular weight is 422 g/mol. The molecule has 2 aliphatic rings. The molecule has 31 heavy (non-hydrogen) atoms. The summed E-state index contributed by atoms with van der Waals surface area (Å²) in [7, 11) is 0. The quantitative estimate of drug-likeness (QED) is 0.613. The molecule has 1 aromatic carbocycles. The lowest BCUT2D eigenvalue weighted by Crippen LogP contribution is -2.41. The third kappa shape index (κ3) is 4.06. The molecule has 7 heteroatoms. The number of ether oxygens (including phenoxy) is 1. The van der Waals surface area contributed by atoms with Gasteiger partial charge in [-0.25, -0.2) is 4.79 Å². The van der Waals surface area contributed by atoms with Crippen molar-refractivity contribution in [3.05, 3.63) is 64.1 Å². The predicted octanol–water partition coefficient (Wildman–Crippen LogP) is 3.31. The number of aryl methyl sites for hydroxylation is 2. The minimum absolute atomic E-state index is 0.00371. The van der Waals surface area contributed by atoms with Gasteiger partial charge in [0.05, 0.1) is 31.1 Å². The molecular weight excluding hydrogens is 390 g/mol. The molecule has 164 valence electrons. The fraction of sp³-hybridized carbons (Fsp3) is 0.500.